The first-order valence-electron chi connectivity index (χ1n) is 6.08. The lowest BCUT2D eigenvalue weighted by Gasteiger charge is -2.17. The van der Waals surface area contributed by atoms with E-state index in [9.17, 15) is 15.0 Å². The molecule has 1 aliphatic rings. The van der Waals surface area contributed by atoms with E-state index in [1.54, 1.807) is 13.1 Å². The molecule has 0 aromatic carbocycles. The van der Waals surface area contributed by atoms with Crippen molar-refractivity contribution in [2.75, 3.05) is 6.61 Å². The number of aliphatic hydroxyl groups is 3. The van der Waals surface area contributed by atoms with Crippen molar-refractivity contribution in [1.29, 1.82) is 0 Å². The summed E-state index contributed by atoms with van der Waals surface area (Å²) in [5.74, 6) is 0. The van der Waals surface area contributed by atoms with Crippen molar-refractivity contribution in [3.8, 4) is 0 Å². The fourth-order valence-corrected chi connectivity index (χ4v) is 2.38. The maximum atomic E-state index is 12.0. The van der Waals surface area contributed by atoms with Gasteiger partial charge in [-0.15, -0.1) is 5.10 Å². The fourth-order valence-electron chi connectivity index (χ4n) is 2.38. The van der Waals surface area contributed by atoms with Gasteiger partial charge in [0.1, 0.15) is 23.8 Å². The van der Waals surface area contributed by atoms with E-state index in [-0.39, 0.29) is 5.65 Å². The zero-order chi connectivity index (χ0) is 14.4. The number of pyridine rings is 1. The summed E-state index contributed by atoms with van der Waals surface area (Å²) in [6.07, 6.45) is -4.68. The van der Waals surface area contributed by atoms with Crippen LogP contribution in [0.25, 0.3) is 11.2 Å². The molecule has 0 radical (unpaired) electrons. The van der Waals surface area contributed by atoms with Crippen LogP contribution in [0.1, 0.15) is 6.23 Å². The summed E-state index contributed by atoms with van der Waals surface area (Å²) >= 11 is 0. The highest BCUT2D eigenvalue weighted by atomic mass is 16.6. The Morgan fingerprint density at radius 3 is 2.75 bits per heavy atom. The van der Waals surface area contributed by atoms with Crippen molar-refractivity contribution in [2.24, 2.45) is 7.05 Å². The van der Waals surface area contributed by atoms with Gasteiger partial charge in [0.15, 0.2) is 11.9 Å². The van der Waals surface area contributed by atoms with Crippen molar-refractivity contribution in [3.05, 3.63) is 22.5 Å². The number of rotatable bonds is 2. The molecular formula is C11H14N4O5. The van der Waals surface area contributed by atoms with Crippen molar-refractivity contribution >= 4 is 11.2 Å². The molecule has 1 aliphatic heterocycles. The van der Waals surface area contributed by atoms with Gasteiger partial charge in [-0.25, -0.2) is 4.68 Å². The SMILES string of the molecule is Cn1nnc2c1ccc(=O)n2[C@H]1O[C@@H](CO)[C@@H](O)[C@@H]1O. The predicted octanol–water partition coefficient (Wildman–Crippen LogP) is -2.26. The fraction of sp³-hybridized carbons (Fsp3) is 0.545. The quantitative estimate of drug-likeness (QED) is 0.568. The standard InChI is InChI=1S/C11H14N4O5/c1-14-5-2-3-7(17)15(10(5)12-13-14)11-9(19)8(18)6(4-16)20-11/h2-3,6,8-9,11,16,18-19H,4H2,1H3/t6-,8+,9-,11-/m0/s1. The van der Waals surface area contributed by atoms with Crippen LogP contribution in [0.2, 0.25) is 0 Å². The number of nitrogens with zero attached hydrogens (tertiary/aromatic N) is 4. The Morgan fingerprint density at radius 1 is 1.35 bits per heavy atom. The topological polar surface area (TPSA) is 123 Å². The van der Waals surface area contributed by atoms with Crippen molar-refractivity contribution < 1.29 is 20.1 Å². The van der Waals surface area contributed by atoms with Crippen LogP contribution >= 0.6 is 0 Å². The second kappa shape index (κ2) is 4.63. The third-order valence-electron chi connectivity index (χ3n) is 3.47. The monoisotopic (exact) mass is 282 g/mol. The molecule has 9 nitrogen and oxygen atoms in total. The Labute approximate surface area is 112 Å². The Kier molecular flexibility index (Phi) is 3.05. The molecule has 9 heteroatoms. The van der Waals surface area contributed by atoms with E-state index in [1.165, 1.54) is 10.7 Å². The third-order valence-corrected chi connectivity index (χ3v) is 3.47. The molecule has 20 heavy (non-hydrogen) atoms. The molecule has 3 N–H and O–H groups in total. The molecule has 3 rings (SSSR count). The van der Waals surface area contributed by atoms with Crippen LogP contribution in [0.3, 0.4) is 0 Å². The molecule has 1 fully saturated rings. The Hall–Kier alpha value is -1.81. The van der Waals surface area contributed by atoms with Gasteiger partial charge in [0.25, 0.3) is 5.56 Å². The lowest BCUT2D eigenvalue weighted by Crippen LogP contribution is -2.35. The number of hydrogen-bond donors (Lipinski definition) is 3. The largest absolute Gasteiger partial charge is 0.394 e. The van der Waals surface area contributed by atoms with Crippen LogP contribution in [-0.2, 0) is 11.8 Å². The zero-order valence-electron chi connectivity index (χ0n) is 10.6. The van der Waals surface area contributed by atoms with Gasteiger partial charge in [-0.3, -0.25) is 9.36 Å². The molecule has 2 aromatic rings. The molecule has 0 aliphatic carbocycles. The summed E-state index contributed by atoms with van der Waals surface area (Å²) in [6, 6.07) is 2.87. The van der Waals surface area contributed by atoms with E-state index >= 15 is 0 Å². The Bertz CT molecular complexity index is 696. The summed E-state index contributed by atoms with van der Waals surface area (Å²) in [5.41, 5.74) is 0.394. The van der Waals surface area contributed by atoms with E-state index in [0.29, 0.717) is 5.52 Å². The molecule has 0 bridgehead atoms. The first-order chi connectivity index (χ1) is 9.54. The normalized spacial score (nSPS) is 30.2. The van der Waals surface area contributed by atoms with Crippen LogP contribution in [-0.4, -0.2) is 59.8 Å². The summed E-state index contributed by atoms with van der Waals surface area (Å²) in [6.45, 7) is -0.458. The highest BCUT2D eigenvalue weighted by Gasteiger charge is 2.44. The first kappa shape index (κ1) is 13.2. The summed E-state index contributed by atoms with van der Waals surface area (Å²) < 4.78 is 7.96. The molecular weight excluding hydrogens is 268 g/mol. The van der Waals surface area contributed by atoms with Crippen LogP contribution in [0.15, 0.2) is 16.9 Å². The number of fused-ring (bicyclic) bond motifs is 1. The number of ether oxygens (including phenoxy) is 1. The van der Waals surface area contributed by atoms with Crippen molar-refractivity contribution in [1.82, 2.24) is 19.6 Å². The average molecular weight is 282 g/mol. The maximum absolute atomic E-state index is 12.0. The second-order valence-corrected chi connectivity index (χ2v) is 4.69. The molecule has 0 unspecified atom stereocenters. The predicted molar refractivity (Wildman–Crippen MR) is 65.8 cm³/mol. The number of aryl methyl sites for hydroxylation is 1. The molecule has 3 heterocycles. The number of aliphatic hydroxyl groups excluding tert-OH is 3. The lowest BCUT2D eigenvalue weighted by molar-refractivity contribution is -0.0524. The molecule has 2 aromatic heterocycles. The molecule has 0 saturated carbocycles. The van der Waals surface area contributed by atoms with Crippen LogP contribution < -0.4 is 5.56 Å². The van der Waals surface area contributed by atoms with E-state index in [0.717, 1.165) is 4.57 Å². The number of aromatic nitrogens is 4. The highest BCUT2D eigenvalue weighted by molar-refractivity contribution is 5.70. The van der Waals surface area contributed by atoms with Crippen molar-refractivity contribution in [2.45, 2.75) is 24.5 Å². The second-order valence-electron chi connectivity index (χ2n) is 4.69. The van der Waals surface area contributed by atoms with E-state index < -0.39 is 36.7 Å². The summed E-state index contributed by atoms with van der Waals surface area (Å²) in [5, 5.41) is 36.5. The third kappa shape index (κ3) is 1.75. The maximum Gasteiger partial charge on any atom is 0.254 e. The minimum absolute atomic E-state index is 0.245. The summed E-state index contributed by atoms with van der Waals surface area (Å²) in [7, 11) is 1.67. The molecule has 0 spiro atoms. The van der Waals surface area contributed by atoms with Gasteiger partial charge in [0.05, 0.1) is 6.61 Å². The Balaban J connectivity index is 2.15. The minimum atomic E-state index is -1.34. The zero-order valence-corrected chi connectivity index (χ0v) is 10.6. The van der Waals surface area contributed by atoms with Crippen LogP contribution in [0, 0.1) is 0 Å². The highest BCUT2D eigenvalue weighted by Crippen LogP contribution is 2.29. The van der Waals surface area contributed by atoms with E-state index in [4.69, 9.17) is 9.84 Å². The first-order valence-corrected chi connectivity index (χ1v) is 6.08. The van der Waals surface area contributed by atoms with Gasteiger partial charge in [-0.05, 0) is 6.07 Å². The van der Waals surface area contributed by atoms with Gasteiger partial charge >= 0.3 is 0 Å². The van der Waals surface area contributed by atoms with Gasteiger partial charge in [-0.2, -0.15) is 0 Å². The molecule has 1 saturated heterocycles. The van der Waals surface area contributed by atoms with Crippen LogP contribution in [0.4, 0.5) is 0 Å². The Morgan fingerprint density at radius 2 is 2.10 bits per heavy atom. The minimum Gasteiger partial charge on any atom is -0.394 e. The van der Waals surface area contributed by atoms with Gasteiger partial charge in [0.2, 0.25) is 0 Å². The van der Waals surface area contributed by atoms with Crippen LogP contribution in [0.5, 0.6) is 0 Å². The average Bonchev–Trinajstić information content (AvgIpc) is 2.93. The lowest BCUT2D eigenvalue weighted by atomic mass is 10.1. The van der Waals surface area contributed by atoms with Gasteiger partial charge in [0, 0.05) is 13.1 Å². The van der Waals surface area contributed by atoms with Gasteiger partial charge < -0.3 is 20.1 Å². The summed E-state index contributed by atoms with van der Waals surface area (Å²) in [4.78, 5) is 12.0. The van der Waals surface area contributed by atoms with E-state index in [1.807, 2.05) is 0 Å². The van der Waals surface area contributed by atoms with Gasteiger partial charge in [-0.1, -0.05) is 5.21 Å². The van der Waals surface area contributed by atoms with Crippen molar-refractivity contribution in [3.63, 3.8) is 0 Å². The molecule has 108 valence electrons. The molecule has 0 amide bonds. The van der Waals surface area contributed by atoms with E-state index in [2.05, 4.69) is 10.3 Å². The smallest absolute Gasteiger partial charge is 0.254 e. The number of hydrogen-bond acceptors (Lipinski definition) is 7. The molecule has 4 atom stereocenters.